The predicted molar refractivity (Wildman–Crippen MR) is 122 cm³/mol. The molecule has 2 heterocycles. The SMILES string of the molecule is Cc1ccc(N2CCn3c(SCC(=O)Nc4cccc5ccccc45)nnc32)cc1. The molecule has 0 radical (unpaired) electrons. The van der Waals surface area contributed by atoms with Gasteiger partial charge in [0.15, 0.2) is 5.16 Å². The molecule has 1 aliphatic heterocycles. The number of hydrogen-bond acceptors (Lipinski definition) is 5. The van der Waals surface area contributed by atoms with Crippen LogP contribution in [0.2, 0.25) is 0 Å². The van der Waals surface area contributed by atoms with Crippen LogP contribution in [-0.4, -0.2) is 33.0 Å². The van der Waals surface area contributed by atoms with E-state index in [9.17, 15) is 4.79 Å². The second-order valence-electron chi connectivity index (χ2n) is 7.28. The molecule has 5 rings (SSSR count). The molecule has 7 heteroatoms. The van der Waals surface area contributed by atoms with Gasteiger partial charge >= 0.3 is 0 Å². The predicted octanol–water partition coefficient (Wildman–Crippen LogP) is 4.62. The first-order chi connectivity index (χ1) is 14.7. The van der Waals surface area contributed by atoms with Gasteiger partial charge < -0.3 is 10.2 Å². The number of anilines is 3. The summed E-state index contributed by atoms with van der Waals surface area (Å²) in [5.74, 6) is 1.06. The van der Waals surface area contributed by atoms with Gasteiger partial charge in [-0.3, -0.25) is 9.36 Å². The van der Waals surface area contributed by atoms with E-state index in [1.807, 2.05) is 42.5 Å². The molecular formula is C23H21N5OS. The molecule has 1 amide bonds. The van der Waals surface area contributed by atoms with Crippen LogP contribution in [-0.2, 0) is 11.3 Å². The maximum Gasteiger partial charge on any atom is 0.234 e. The minimum atomic E-state index is -0.0536. The Morgan fingerprint density at radius 1 is 1.00 bits per heavy atom. The fourth-order valence-electron chi connectivity index (χ4n) is 3.70. The van der Waals surface area contributed by atoms with E-state index in [1.165, 1.54) is 17.3 Å². The van der Waals surface area contributed by atoms with Crippen molar-refractivity contribution in [1.82, 2.24) is 14.8 Å². The lowest BCUT2D eigenvalue weighted by molar-refractivity contribution is -0.113. The van der Waals surface area contributed by atoms with Crippen LogP contribution in [0, 0.1) is 6.92 Å². The summed E-state index contributed by atoms with van der Waals surface area (Å²) in [5, 5.41) is 14.6. The Bertz CT molecular complexity index is 1210. The fourth-order valence-corrected chi connectivity index (χ4v) is 4.46. The number of nitrogens with one attached hydrogen (secondary N) is 1. The van der Waals surface area contributed by atoms with Crippen molar-refractivity contribution in [2.24, 2.45) is 0 Å². The van der Waals surface area contributed by atoms with Crippen LogP contribution >= 0.6 is 11.8 Å². The van der Waals surface area contributed by atoms with Gasteiger partial charge in [-0.1, -0.05) is 65.9 Å². The molecule has 0 spiro atoms. The summed E-state index contributed by atoms with van der Waals surface area (Å²) in [5.41, 5.74) is 3.17. The van der Waals surface area contributed by atoms with Crippen LogP contribution in [0.15, 0.2) is 71.9 Å². The third kappa shape index (κ3) is 3.52. The number of aromatic nitrogens is 3. The first-order valence-corrected chi connectivity index (χ1v) is 10.9. The Hall–Kier alpha value is -3.32. The second-order valence-corrected chi connectivity index (χ2v) is 8.23. The van der Waals surface area contributed by atoms with Gasteiger partial charge in [-0.2, -0.15) is 0 Å². The van der Waals surface area contributed by atoms with Crippen molar-refractivity contribution in [2.75, 3.05) is 22.5 Å². The zero-order valence-corrected chi connectivity index (χ0v) is 17.4. The van der Waals surface area contributed by atoms with Gasteiger partial charge in [0.1, 0.15) is 0 Å². The molecule has 0 aliphatic carbocycles. The number of amides is 1. The number of thioether (sulfide) groups is 1. The molecule has 0 saturated heterocycles. The Labute approximate surface area is 178 Å². The van der Waals surface area contributed by atoms with Crippen LogP contribution < -0.4 is 10.2 Å². The maximum atomic E-state index is 12.6. The molecule has 0 atom stereocenters. The minimum Gasteiger partial charge on any atom is -0.325 e. The van der Waals surface area contributed by atoms with Crippen molar-refractivity contribution < 1.29 is 4.79 Å². The molecule has 150 valence electrons. The molecule has 1 aromatic heterocycles. The minimum absolute atomic E-state index is 0.0536. The third-order valence-electron chi connectivity index (χ3n) is 5.23. The van der Waals surface area contributed by atoms with E-state index in [1.54, 1.807) is 0 Å². The van der Waals surface area contributed by atoms with Crippen LogP contribution in [0.5, 0.6) is 0 Å². The number of aryl methyl sites for hydroxylation is 1. The van der Waals surface area contributed by atoms with Crippen LogP contribution in [0.25, 0.3) is 10.8 Å². The monoisotopic (exact) mass is 415 g/mol. The summed E-state index contributed by atoms with van der Waals surface area (Å²) in [6.07, 6.45) is 0. The number of benzene rings is 3. The summed E-state index contributed by atoms with van der Waals surface area (Å²) in [6, 6.07) is 22.4. The Morgan fingerprint density at radius 3 is 2.67 bits per heavy atom. The number of carbonyl (C=O) groups is 1. The molecule has 0 saturated carbocycles. The molecule has 6 nitrogen and oxygen atoms in total. The normalized spacial score (nSPS) is 12.9. The topological polar surface area (TPSA) is 63.1 Å². The van der Waals surface area contributed by atoms with Crippen molar-refractivity contribution in [2.45, 2.75) is 18.6 Å². The maximum absolute atomic E-state index is 12.6. The summed E-state index contributed by atoms with van der Waals surface area (Å²) in [7, 11) is 0. The molecular weight excluding hydrogens is 394 g/mol. The lowest BCUT2D eigenvalue weighted by Gasteiger charge is -2.15. The van der Waals surface area contributed by atoms with E-state index < -0.39 is 0 Å². The summed E-state index contributed by atoms with van der Waals surface area (Å²) >= 11 is 1.42. The number of rotatable bonds is 5. The summed E-state index contributed by atoms with van der Waals surface area (Å²) < 4.78 is 2.08. The van der Waals surface area contributed by atoms with Gasteiger partial charge in [0.25, 0.3) is 0 Å². The van der Waals surface area contributed by atoms with Gasteiger partial charge in [0.2, 0.25) is 11.9 Å². The van der Waals surface area contributed by atoms with E-state index in [0.29, 0.717) is 0 Å². The van der Waals surface area contributed by atoms with Crippen molar-refractivity contribution in [1.29, 1.82) is 0 Å². The van der Waals surface area contributed by atoms with Crippen LogP contribution in [0.3, 0.4) is 0 Å². The van der Waals surface area contributed by atoms with E-state index in [0.717, 1.165) is 46.3 Å². The molecule has 4 aromatic rings. The zero-order chi connectivity index (χ0) is 20.5. The zero-order valence-electron chi connectivity index (χ0n) is 16.6. The van der Waals surface area contributed by atoms with Gasteiger partial charge in [0.05, 0.1) is 5.75 Å². The Balaban J connectivity index is 1.27. The lowest BCUT2D eigenvalue weighted by Crippen LogP contribution is -2.15. The molecule has 0 unspecified atom stereocenters. The van der Waals surface area contributed by atoms with Crippen molar-refractivity contribution >= 4 is 45.8 Å². The Kier molecular flexibility index (Phi) is 4.88. The van der Waals surface area contributed by atoms with Crippen LogP contribution in [0.4, 0.5) is 17.3 Å². The standard InChI is InChI=1S/C23H21N5OS/c1-16-9-11-18(12-10-16)27-13-14-28-22(27)25-26-23(28)30-15-21(29)24-20-8-4-6-17-5-2-3-7-19(17)20/h2-12H,13-15H2,1H3,(H,24,29). The molecule has 30 heavy (non-hydrogen) atoms. The number of fused-ring (bicyclic) bond motifs is 2. The Morgan fingerprint density at radius 2 is 1.80 bits per heavy atom. The first kappa shape index (κ1) is 18.7. The molecule has 0 bridgehead atoms. The average molecular weight is 416 g/mol. The van der Waals surface area contributed by atoms with Gasteiger partial charge in [-0.25, -0.2) is 0 Å². The van der Waals surface area contributed by atoms with Gasteiger partial charge in [0, 0.05) is 29.9 Å². The van der Waals surface area contributed by atoms with Crippen molar-refractivity contribution in [3.05, 3.63) is 72.3 Å². The third-order valence-corrected chi connectivity index (χ3v) is 6.19. The summed E-state index contributed by atoms with van der Waals surface area (Å²) in [6.45, 7) is 3.74. The smallest absolute Gasteiger partial charge is 0.234 e. The van der Waals surface area contributed by atoms with E-state index in [4.69, 9.17) is 0 Å². The van der Waals surface area contributed by atoms with E-state index in [2.05, 4.69) is 56.2 Å². The van der Waals surface area contributed by atoms with E-state index >= 15 is 0 Å². The first-order valence-electron chi connectivity index (χ1n) is 9.87. The fraction of sp³-hybridized carbons (Fsp3) is 0.174. The quantitative estimate of drug-likeness (QED) is 0.482. The lowest BCUT2D eigenvalue weighted by atomic mass is 10.1. The number of hydrogen-bond donors (Lipinski definition) is 1. The van der Waals surface area contributed by atoms with Gasteiger partial charge in [-0.15, -0.1) is 10.2 Å². The number of nitrogens with zero attached hydrogens (tertiary/aromatic N) is 4. The highest BCUT2D eigenvalue weighted by Crippen LogP contribution is 2.32. The van der Waals surface area contributed by atoms with Gasteiger partial charge in [-0.05, 0) is 30.5 Å². The molecule has 3 aromatic carbocycles. The average Bonchev–Trinajstić information content (AvgIpc) is 3.36. The highest BCUT2D eigenvalue weighted by atomic mass is 32.2. The van der Waals surface area contributed by atoms with E-state index in [-0.39, 0.29) is 11.7 Å². The molecule has 1 aliphatic rings. The number of carbonyl (C=O) groups excluding carboxylic acids is 1. The molecule has 1 N–H and O–H groups in total. The molecule has 0 fully saturated rings. The second kappa shape index (κ2) is 7.84. The summed E-state index contributed by atoms with van der Waals surface area (Å²) in [4.78, 5) is 14.7. The highest BCUT2D eigenvalue weighted by Gasteiger charge is 2.26. The highest BCUT2D eigenvalue weighted by molar-refractivity contribution is 7.99. The van der Waals surface area contributed by atoms with Crippen LogP contribution in [0.1, 0.15) is 5.56 Å². The largest absolute Gasteiger partial charge is 0.325 e. The van der Waals surface area contributed by atoms with Crippen molar-refractivity contribution in [3.8, 4) is 0 Å². The van der Waals surface area contributed by atoms with Crippen molar-refractivity contribution in [3.63, 3.8) is 0 Å².